The number of benzene rings is 1. The number of hydrogen-bond donors (Lipinski definition) is 1. The molecule has 0 saturated heterocycles. The minimum absolute atomic E-state index is 0.431. The first-order valence-corrected chi connectivity index (χ1v) is 6.57. The van der Waals surface area contributed by atoms with Crippen molar-refractivity contribution >= 4 is 17.0 Å². The van der Waals surface area contributed by atoms with Crippen LogP contribution in [0, 0.1) is 13.8 Å². The van der Waals surface area contributed by atoms with E-state index in [0.717, 1.165) is 28.4 Å². The van der Waals surface area contributed by atoms with Crippen molar-refractivity contribution in [2.75, 3.05) is 5.32 Å². The molecular formula is C13H13F3N2S. The Morgan fingerprint density at radius 1 is 1.26 bits per heavy atom. The number of aromatic nitrogens is 1. The van der Waals surface area contributed by atoms with Crippen LogP contribution in [0.4, 0.5) is 18.9 Å². The van der Waals surface area contributed by atoms with E-state index in [1.807, 2.05) is 12.3 Å². The zero-order valence-electron chi connectivity index (χ0n) is 10.5. The highest BCUT2D eigenvalue weighted by Gasteiger charge is 2.30. The Hall–Kier alpha value is -1.56. The average molecular weight is 286 g/mol. The van der Waals surface area contributed by atoms with Crippen molar-refractivity contribution in [1.82, 2.24) is 4.98 Å². The summed E-state index contributed by atoms with van der Waals surface area (Å²) < 4.78 is 37.9. The SMILES string of the molecule is Cc1csc(CNc2cc(C(F)(F)F)ccc2C)n1. The average Bonchev–Trinajstić information content (AvgIpc) is 2.72. The normalized spacial score (nSPS) is 11.6. The number of aryl methyl sites for hydroxylation is 2. The molecule has 19 heavy (non-hydrogen) atoms. The molecule has 0 saturated carbocycles. The summed E-state index contributed by atoms with van der Waals surface area (Å²) in [5, 5.41) is 5.77. The molecule has 2 aromatic rings. The van der Waals surface area contributed by atoms with Gasteiger partial charge in [-0.25, -0.2) is 4.98 Å². The van der Waals surface area contributed by atoms with Gasteiger partial charge in [0.2, 0.25) is 0 Å². The van der Waals surface area contributed by atoms with Crippen molar-refractivity contribution in [2.24, 2.45) is 0 Å². The topological polar surface area (TPSA) is 24.9 Å². The fourth-order valence-electron chi connectivity index (χ4n) is 1.64. The summed E-state index contributed by atoms with van der Waals surface area (Å²) in [6, 6.07) is 3.70. The van der Waals surface area contributed by atoms with Crippen LogP contribution in [-0.2, 0) is 12.7 Å². The lowest BCUT2D eigenvalue weighted by molar-refractivity contribution is -0.137. The minimum atomic E-state index is -4.32. The van der Waals surface area contributed by atoms with Crippen LogP contribution in [0.15, 0.2) is 23.6 Å². The van der Waals surface area contributed by atoms with E-state index in [4.69, 9.17) is 0 Å². The third kappa shape index (κ3) is 3.47. The van der Waals surface area contributed by atoms with Gasteiger partial charge in [-0.05, 0) is 31.5 Å². The lowest BCUT2D eigenvalue weighted by Gasteiger charge is -2.12. The Morgan fingerprint density at radius 3 is 2.58 bits per heavy atom. The number of rotatable bonds is 3. The van der Waals surface area contributed by atoms with Crippen molar-refractivity contribution in [3.8, 4) is 0 Å². The molecular weight excluding hydrogens is 273 g/mol. The van der Waals surface area contributed by atoms with E-state index in [1.165, 1.54) is 17.4 Å². The first-order valence-electron chi connectivity index (χ1n) is 5.69. The molecule has 0 aliphatic rings. The summed E-state index contributed by atoms with van der Waals surface area (Å²) >= 11 is 1.49. The molecule has 2 nitrogen and oxygen atoms in total. The van der Waals surface area contributed by atoms with Crippen molar-refractivity contribution < 1.29 is 13.2 Å². The quantitative estimate of drug-likeness (QED) is 0.905. The summed E-state index contributed by atoms with van der Waals surface area (Å²) in [7, 11) is 0. The lowest BCUT2D eigenvalue weighted by atomic mass is 10.1. The van der Waals surface area contributed by atoms with Crippen LogP contribution in [-0.4, -0.2) is 4.98 Å². The lowest BCUT2D eigenvalue weighted by Crippen LogP contribution is -2.07. The van der Waals surface area contributed by atoms with E-state index in [-0.39, 0.29) is 0 Å². The number of alkyl halides is 3. The van der Waals surface area contributed by atoms with Gasteiger partial charge in [0.05, 0.1) is 12.1 Å². The summed E-state index contributed by atoms with van der Waals surface area (Å²) in [4.78, 5) is 4.26. The Bertz CT molecular complexity index is 576. The van der Waals surface area contributed by atoms with Gasteiger partial charge < -0.3 is 5.32 Å². The van der Waals surface area contributed by atoms with Crippen molar-refractivity contribution in [3.63, 3.8) is 0 Å². The Balaban J connectivity index is 2.15. The highest BCUT2D eigenvalue weighted by Crippen LogP contribution is 2.32. The molecule has 1 heterocycles. The van der Waals surface area contributed by atoms with Crippen LogP contribution in [0.5, 0.6) is 0 Å². The molecule has 0 radical (unpaired) electrons. The van der Waals surface area contributed by atoms with Crippen molar-refractivity contribution in [2.45, 2.75) is 26.6 Å². The second kappa shape index (κ2) is 5.21. The van der Waals surface area contributed by atoms with Gasteiger partial charge in [-0.1, -0.05) is 6.07 Å². The van der Waals surface area contributed by atoms with Gasteiger partial charge in [0.1, 0.15) is 5.01 Å². The maximum absolute atomic E-state index is 12.6. The fourth-order valence-corrected chi connectivity index (χ4v) is 2.36. The maximum atomic E-state index is 12.6. The number of hydrogen-bond acceptors (Lipinski definition) is 3. The highest BCUT2D eigenvalue weighted by atomic mass is 32.1. The molecule has 1 N–H and O–H groups in total. The Kier molecular flexibility index (Phi) is 3.80. The molecule has 0 atom stereocenters. The summed E-state index contributed by atoms with van der Waals surface area (Å²) in [6.07, 6.45) is -4.32. The number of thiazole rings is 1. The van der Waals surface area contributed by atoms with Crippen LogP contribution in [0.3, 0.4) is 0 Å². The summed E-state index contributed by atoms with van der Waals surface area (Å²) in [5.41, 5.74) is 1.54. The predicted molar refractivity (Wildman–Crippen MR) is 70.4 cm³/mol. The smallest absolute Gasteiger partial charge is 0.378 e. The van der Waals surface area contributed by atoms with Gasteiger partial charge in [-0.2, -0.15) is 13.2 Å². The largest absolute Gasteiger partial charge is 0.416 e. The Labute approximate surface area is 113 Å². The second-order valence-electron chi connectivity index (χ2n) is 4.26. The predicted octanol–water partition coefficient (Wildman–Crippen LogP) is 4.39. The maximum Gasteiger partial charge on any atom is 0.416 e. The van der Waals surface area contributed by atoms with E-state index in [0.29, 0.717) is 12.2 Å². The molecule has 102 valence electrons. The standard InChI is InChI=1S/C13H13F3N2S/c1-8-3-4-10(13(14,15)16)5-11(8)17-6-12-18-9(2)7-19-12/h3-5,7,17H,6H2,1-2H3. The molecule has 0 spiro atoms. The van der Waals surface area contributed by atoms with Crippen molar-refractivity contribution in [3.05, 3.63) is 45.4 Å². The fraction of sp³-hybridized carbons (Fsp3) is 0.308. The third-order valence-electron chi connectivity index (χ3n) is 2.66. The third-order valence-corrected chi connectivity index (χ3v) is 3.63. The van der Waals surface area contributed by atoms with Crippen LogP contribution >= 0.6 is 11.3 Å². The van der Waals surface area contributed by atoms with E-state index in [1.54, 1.807) is 6.92 Å². The van der Waals surface area contributed by atoms with Crippen LogP contribution in [0.25, 0.3) is 0 Å². The van der Waals surface area contributed by atoms with Gasteiger partial charge in [0.15, 0.2) is 0 Å². The number of anilines is 1. The minimum Gasteiger partial charge on any atom is -0.378 e. The van der Waals surface area contributed by atoms with Gasteiger partial charge in [0.25, 0.3) is 0 Å². The number of nitrogens with zero attached hydrogens (tertiary/aromatic N) is 1. The van der Waals surface area contributed by atoms with Gasteiger partial charge in [-0.3, -0.25) is 0 Å². The first kappa shape index (κ1) is 13.9. The van der Waals surface area contributed by atoms with Crippen LogP contribution in [0.2, 0.25) is 0 Å². The molecule has 0 bridgehead atoms. The van der Waals surface area contributed by atoms with Crippen LogP contribution < -0.4 is 5.32 Å². The molecule has 0 aliphatic heterocycles. The van der Waals surface area contributed by atoms with Gasteiger partial charge >= 0.3 is 6.18 Å². The van der Waals surface area contributed by atoms with E-state index in [9.17, 15) is 13.2 Å². The number of halogens is 3. The molecule has 1 aromatic heterocycles. The van der Waals surface area contributed by atoms with Crippen molar-refractivity contribution in [1.29, 1.82) is 0 Å². The highest BCUT2D eigenvalue weighted by molar-refractivity contribution is 7.09. The molecule has 0 amide bonds. The monoisotopic (exact) mass is 286 g/mol. The summed E-state index contributed by atoms with van der Waals surface area (Å²) in [5.74, 6) is 0. The van der Waals surface area contributed by atoms with E-state index >= 15 is 0 Å². The molecule has 0 fully saturated rings. The molecule has 6 heteroatoms. The van der Waals surface area contributed by atoms with E-state index < -0.39 is 11.7 Å². The zero-order chi connectivity index (χ0) is 14.0. The molecule has 0 unspecified atom stereocenters. The molecule has 1 aromatic carbocycles. The second-order valence-corrected chi connectivity index (χ2v) is 5.21. The summed E-state index contributed by atoms with van der Waals surface area (Å²) in [6.45, 7) is 4.09. The number of nitrogens with one attached hydrogen (secondary N) is 1. The zero-order valence-corrected chi connectivity index (χ0v) is 11.3. The molecule has 2 rings (SSSR count). The van der Waals surface area contributed by atoms with E-state index in [2.05, 4.69) is 10.3 Å². The Morgan fingerprint density at radius 2 is 2.00 bits per heavy atom. The van der Waals surface area contributed by atoms with Gasteiger partial charge in [-0.15, -0.1) is 11.3 Å². The first-order chi connectivity index (χ1) is 8.86. The van der Waals surface area contributed by atoms with Crippen LogP contribution in [0.1, 0.15) is 21.8 Å². The molecule has 0 aliphatic carbocycles. The van der Waals surface area contributed by atoms with Gasteiger partial charge in [0, 0.05) is 16.8 Å².